The summed E-state index contributed by atoms with van der Waals surface area (Å²) >= 11 is 0. The van der Waals surface area contributed by atoms with Crippen LogP contribution in [0.25, 0.3) is 0 Å². The molecule has 0 heterocycles. The number of carbonyl (C=O) groups excluding carboxylic acids is 1. The summed E-state index contributed by atoms with van der Waals surface area (Å²) in [5, 5.41) is 2.93. The Hall–Kier alpha value is -1.64. The van der Waals surface area contributed by atoms with Gasteiger partial charge in [0.25, 0.3) is 0 Å². The molecule has 0 bridgehead atoms. The van der Waals surface area contributed by atoms with Crippen LogP contribution in [0.3, 0.4) is 0 Å². The SMILES string of the molecule is CCNc1ccccc(C(C)=O)c1=O. The molecule has 14 heavy (non-hydrogen) atoms. The van der Waals surface area contributed by atoms with Gasteiger partial charge in [0, 0.05) is 6.54 Å². The summed E-state index contributed by atoms with van der Waals surface area (Å²) in [6.45, 7) is 3.96. The van der Waals surface area contributed by atoms with Crippen molar-refractivity contribution in [2.45, 2.75) is 13.8 Å². The summed E-state index contributed by atoms with van der Waals surface area (Å²) in [4.78, 5) is 22.9. The first-order chi connectivity index (χ1) is 6.66. The summed E-state index contributed by atoms with van der Waals surface area (Å²) in [6, 6.07) is 6.66. The first kappa shape index (κ1) is 10.4. The second-order valence-corrected chi connectivity index (χ2v) is 2.96. The van der Waals surface area contributed by atoms with Crippen LogP contribution in [0.2, 0.25) is 0 Å². The van der Waals surface area contributed by atoms with Crippen LogP contribution >= 0.6 is 0 Å². The average Bonchev–Trinajstić information content (AvgIpc) is 2.30. The van der Waals surface area contributed by atoms with Crippen molar-refractivity contribution in [3.63, 3.8) is 0 Å². The fourth-order valence-electron chi connectivity index (χ4n) is 1.21. The minimum atomic E-state index is -0.232. The van der Waals surface area contributed by atoms with E-state index < -0.39 is 0 Å². The molecule has 0 aromatic heterocycles. The number of hydrogen-bond donors (Lipinski definition) is 1. The van der Waals surface area contributed by atoms with Crippen LogP contribution in [-0.4, -0.2) is 12.3 Å². The Morgan fingerprint density at radius 1 is 1.36 bits per heavy atom. The predicted molar refractivity (Wildman–Crippen MR) is 56.9 cm³/mol. The molecule has 0 aliphatic heterocycles. The molecule has 1 N–H and O–H groups in total. The summed E-state index contributed by atoms with van der Waals surface area (Å²) in [7, 11) is 0. The fraction of sp³-hybridized carbons (Fsp3) is 0.273. The van der Waals surface area contributed by atoms with E-state index in [1.165, 1.54) is 6.92 Å². The van der Waals surface area contributed by atoms with Crippen LogP contribution < -0.4 is 10.7 Å². The number of anilines is 1. The molecule has 0 unspecified atom stereocenters. The van der Waals surface area contributed by atoms with Crippen LogP contribution in [-0.2, 0) is 0 Å². The maximum absolute atomic E-state index is 11.7. The van der Waals surface area contributed by atoms with E-state index in [0.717, 1.165) is 0 Å². The lowest BCUT2D eigenvalue weighted by Crippen LogP contribution is -2.15. The van der Waals surface area contributed by atoms with Crippen molar-refractivity contribution in [1.82, 2.24) is 0 Å². The first-order valence-corrected chi connectivity index (χ1v) is 4.55. The Bertz CT molecular complexity index is 399. The van der Waals surface area contributed by atoms with Crippen molar-refractivity contribution in [2.24, 2.45) is 0 Å². The van der Waals surface area contributed by atoms with Crippen LogP contribution in [0.5, 0.6) is 0 Å². The third-order valence-corrected chi connectivity index (χ3v) is 1.87. The van der Waals surface area contributed by atoms with Crippen molar-refractivity contribution in [3.05, 3.63) is 40.1 Å². The molecule has 1 aromatic rings. The highest BCUT2D eigenvalue weighted by molar-refractivity contribution is 5.94. The molecule has 0 amide bonds. The van der Waals surface area contributed by atoms with E-state index in [4.69, 9.17) is 0 Å². The highest BCUT2D eigenvalue weighted by Gasteiger charge is 2.05. The maximum atomic E-state index is 11.7. The topological polar surface area (TPSA) is 46.2 Å². The van der Waals surface area contributed by atoms with Gasteiger partial charge in [-0.2, -0.15) is 0 Å². The lowest BCUT2D eigenvalue weighted by Gasteiger charge is -1.98. The van der Waals surface area contributed by atoms with Gasteiger partial charge in [-0.25, -0.2) is 0 Å². The van der Waals surface area contributed by atoms with Crippen molar-refractivity contribution in [1.29, 1.82) is 0 Å². The summed E-state index contributed by atoms with van der Waals surface area (Å²) in [5.41, 5.74) is 0.470. The Morgan fingerprint density at radius 2 is 2.00 bits per heavy atom. The number of Topliss-reactive ketones (excluding diaryl/α,β-unsaturated/α-hetero) is 1. The second kappa shape index (κ2) is 4.56. The molecule has 1 aromatic carbocycles. The molecule has 3 heteroatoms. The quantitative estimate of drug-likeness (QED) is 0.739. The molecule has 0 atom stereocenters. The molecular weight excluding hydrogens is 178 g/mol. The molecule has 3 nitrogen and oxygen atoms in total. The van der Waals surface area contributed by atoms with E-state index in [1.807, 2.05) is 6.92 Å². The van der Waals surface area contributed by atoms with Crippen LogP contribution in [0.4, 0.5) is 5.69 Å². The smallest absolute Gasteiger partial charge is 0.212 e. The van der Waals surface area contributed by atoms with E-state index in [9.17, 15) is 9.59 Å². The number of ketones is 1. The third-order valence-electron chi connectivity index (χ3n) is 1.87. The zero-order valence-electron chi connectivity index (χ0n) is 8.33. The normalized spacial score (nSPS) is 9.57. The number of hydrogen-bond acceptors (Lipinski definition) is 3. The zero-order valence-corrected chi connectivity index (χ0v) is 8.33. The van der Waals surface area contributed by atoms with Gasteiger partial charge in [-0.1, -0.05) is 12.1 Å². The molecule has 0 aliphatic rings. The highest BCUT2D eigenvalue weighted by Crippen LogP contribution is 2.01. The van der Waals surface area contributed by atoms with E-state index in [-0.39, 0.29) is 16.8 Å². The maximum Gasteiger partial charge on any atom is 0.212 e. The van der Waals surface area contributed by atoms with Crippen molar-refractivity contribution in [2.75, 3.05) is 11.9 Å². The van der Waals surface area contributed by atoms with Crippen LogP contribution in [0.1, 0.15) is 24.2 Å². The lowest BCUT2D eigenvalue weighted by molar-refractivity contribution is 0.101. The zero-order chi connectivity index (χ0) is 10.6. The Morgan fingerprint density at radius 3 is 2.57 bits per heavy atom. The van der Waals surface area contributed by atoms with Crippen LogP contribution in [0, 0.1) is 0 Å². The molecule has 74 valence electrons. The number of nitrogens with one attached hydrogen (secondary N) is 1. The molecule has 0 fully saturated rings. The minimum absolute atomic E-state index is 0.203. The summed E-state index contributed by atoms with van der Waals surface area (Å²) in [6.07, 6.45) is 0. The Kier molecular flexibility index (Phi) is 3.40. The van der Waals surface area contributed by atoms with E-state index in [1.54, 1.807) is 24.3 Å². The largest absolute Gasteiger partial charge is 0.382 e. The molecule has 1 rings (SSSR count). The van der Waals surface area contributed by atoms with Crippen LogP contribution in [0.15, 0.2) is 29.1 Å². The second-order valence-electron chi connectivity index (χ2n) is 2.96. The molecular formula is C11H13NO2. The van der Waals surface area contributed by atoms with Gasteiger partial charge in [-0.05, 0) is 26.0 Å². The van der Waals surface area contributed by atoms with Gasteiger partial charge in [-0.15, -0.1) is 0 Å². The molecule has 0 saturated carbocycles. The van der Waals surface area contributed by atoms with Crippen molar-refractivity contribution < 1.29 is 4.79 Å². The summed E-state index contributed by atoms with van der Waals surface area (Å²) < 4.78 is 0. The number of carbonyl (C=O) groups is 1. The van der Waals surface area contributed by atoms with Gasteiger partial charge < -0.3 is 5.32 Å². The average molecular weight is 191 g/mol. The minimum Gasteiger partial charge on any atom is -0.382 e. The predicted octanol–water partition coefficient (Wildman–Crippen LogP) is 1.68. The van der Waals surface area contributed by atoms with Gasteiger partial charge >= 0.3 is 0 Å². The molecule has 0 saturated heterocycles. The molecule has 0 aliphatic carbocycles. The fourth-order valence-corrected chi connectivity index (χ4v) is 1.21. The van der Waals surface area contributed by atoms with E-state index >= 15 is 0 Å². The van der Waals surface area contributed by atoms with E-state index in [2.05, 4.69) is 5.32 Å². The standard InChI is InChI=1S/C11H13NO2/c1-3-12-10-7-5-4-6-9(8(2)13)11(10)14/h4-7H,3H2,1-2H3,(H,12,14). The van der Waals surface area contributed by atoms with Gasteiger partial charge in [0.2, 0.25) is 5.43 Å². The Balaban J connectivity index is 3.35. The third kappa shape index (κ3) is 2.19. The number of rotatable bonds is 3. The monoisotopic (exact) mass is 191 g/mol. The van der Waals surface area contributed by atoms with Crippen molar-refractivity contribution >= 4 is 11.5 Å². The Labute approximate surface area is 82.8 Å². The first-order valence-electron chi connectivity index (χ1n) is 4.55. The van der Waals surface area contributed by atoms with E-state index in [0.29, 0.717) is 12.2 Å². The molecule has 0 spiro atoms. The van der Waals surface area contributed by atoms with Crippen molar-refractivity contribution in [3.8, 4) is 0 Å². The van der Waals surface area contributed by atoms with Gasteiger partial charge in [0.15, 0.2) is 5.78 Å². The van der Waals surface area contributed by atoms with Gasteiger partial charge in [0.1, 0.15) is 0 Å². The highest BCUT2D eigenvalue weighted by atomic mass is 16.1. The van der Waals surface area contributed by atoms with Gasteiger partial charge in [0.05, 0.1) is 11.3 Å². The van der Waals surface area contributed by atoms with Gasteiger partial charge in [-0.3, -0.25) is 9.59 Å². The summed E-state index contributed by atoms with van der Waals surface area (Å²) in [5.74, 6) is -0.203. The lowest BCUT2D eigenvalue weighted by atomic mass is 10.2. The molecule has 0 radical (unpaired) electrons.